The van der Waals surface area contributed by atoms with Crippen molar-refractivity contribution in [3.63, 3.8) is 0 Å². The van der Waals surface area contributed by atoms with E-state index < -0.39 is 6.10 Å². The highest BCUT2D eigenvalue weighted by Gasteiger charge is 2.14. The van der Waals surface area contributed by atoms with E-state index in [4.69, 9.17) is 10.8 Å². The van der Waals surface area contributed by atoms with E-state index in [0.29, 0.717) is 11.4 Å². The molecule has 1 aromatic rings. The van der Waals surface area contributed by atoms with Gasteiger partial charge in [-0.2, -0.15) is 5.10 Å². The highest BCUT2D eigenvalue weighted by molar-refractivity contribution is 7.99. The quantitative estimate of drug-likeness (QED) is 0.640. The first-order valence-corrected chi connectivity index (χ1v) is 6.33. The molecule has 1 atom stereocenters. The molecule has 1 unspecified atom stereocenters. The first kappa shape index (κ1) is 13.3. The number of nitrogen functional groups attached to an aromatic ring is 1. The molecule has 0 amide bonds. The number of thioether (sulfide) groups is 1. The van der Waals surface area contributed by atoms with Gasteiger partial charge in [-0.25, -0.2) is 0 Å². The van der Waals surface area contributed by atoms with Crippen LogP contribution in [0.2, 0.25) is 0 Å². The highest BCUT2D eigenvalue weighted by atomic mass is 32.2. The topological polar surface area (TPSA) is 84.3 Å². The third kappa shape index (κ3) is 3.13. The number of aromatic nitrogens is 2. The monoisotopic (exact) mass is 245 g/mol. The van der Waals surface area contributed by atoms with E-state index in [1.165, 1.54) is 11.8 Å². The molecule has 16 heavy (non-hydrogen) atoms. The van der Waals surface area contributed by atoms with Crippen LogP contribution >= 0.6 is 11.8 Å². The summed E-state index contributed by atoms with van der Waals surface area (Å²) in [7, 11) is 0. The molecule has 0 spiro atoms. The number of aliphatic hydroxyl groups excluding tert-OH is 2. The smallest absolute Gasteiger partial charge is 0.117 e. The second-order valence-corrected chi connectivity index (χ2v) is 4.68. The zero-order valence-corrected chi connectivity index (χ0v) is 10.5. The molecule has 0 fully saturated rings. The minimum atomic E-state index is -0.713. The number of nitrogens with zero attached hydrogens (tertiary/aromatic N) is 2. The summed E-state index contributed by atoms with van der Waals surface area (Å²) in [5.41, 5.74) is 7.40. The van der Waals surface area contributed by atoms with Crippen LogP contribution in [0.5, 0.6) is 0 Å². The summed E-state index contributed by atoms with van der Waals surface area (Å²) in [5.74, 6) is 0.426. The normalized spacial score (nSPS) is 13.0. The molecule has 0 aliphatic rings. The Bertz CT molecular complexity index is 341. The SMILES string of the molecule is CCCn1nc(C)c(N)c1SCC(O)CO. The largest absolute Gasteiger partial charge is 0.395 e. The lowest BCUT2D eigenvalue weighted by Gasteiger charge is -2.09. The maximum absolute atomic E-state index is 9.30. The van der Waals surface area contributed by atoms with Crippen molar-refractivity contribution in [2.45, 2.75) is 37.9 Å². The van der Waals surface area contributed by atoms with Crippen LogP contribution < -0.4 is 5.73 Å². The summed E-state index contributed by atoms with van der Waals surface area (Å²) in [6.45, 7) is 4.53. The maximum Gasteiger partial charge on any atom is 0.117 e. The Morgan fingerprint density at radius 2 is 2.25 bits per heavy atom. The first-order valence-electron chi connectivity index (χ1n) is 5.34. The molecule has 0 bridgehead atoms. The van der Waals surface area contributed by atoms with E-state index in [9.17, 15) is 5.11 Å². The van der Waals surface area contributed by atoms with Crippen LogP contribution in [0.1, 0.15) is 19.0 Å². The van der Waals surface area contributed by atoms with E-state index in [2.05, 4.69) is 12.0 Å². The zero-order valence-electron chi connectivity index (χ0n) is 9.68. The van der Waals surface area contributed by atoms with Gasteiger partial charge in [-0.1, -0.05) is 6.92 Å². The van der Waals surface area contributed by atoms with Crippen molar-refractivity contribution in [2.75, 3.05) is 18.1 Å². The Kier molecular flexibility index (Phi) is 5.11. The van der Waals surface area contributed by atoms with Crippen molar-refractivity contribution in [3.05, 3.63) is 5.69 Å². The lowest BCUT2D eigenvalue weighted by atomic mass is 10.4. The maximum atomic E-state index is 9.30. The fourth-order valence-corrected chi connectivity index (χ4v) is 2.36. The average molecular weight is 245 g/mol. The van der Waals surface area contributed by atoms with Crippen molar-refractivity contribution in [3.8, 4) is 0 Å². The molecule has 92 valence electrons. The van der Waals surface area contributed by atoms with Crippen molar-refractivity contribution >= 4 is 17.4 Å². The molecule has 1 heterocycles. The van der Waals surface area contributed by atoms with Crippen molar-refractivity contribution in [2.24, 2.45) is 0 Å². The molecular formula is C10H19N3O2S. The predicted octanol–water partition coefficient (Wildman–Crippen LogP) is 0.629. The van der Waals surface area contributed by atoms with E-state index >= 15 is 0 Å². The second-order valence-electron chi connectivity index (χ2n) is 3.67. The van der Waals surface area contributed by atoms with Crippen LogP contribution in [0.25, 0.3) is 0 Å². The molecule has 0 saturated heterocycles. The van der Waals surface area contributed by atoms with Crippen molar-refractivity contribution in [1.82, 2.24) is 9.78 Å². The van der Waals surface area contributed by atoms with Gasteiger partial charge in [0.25, 0.3) is 0 Å². The van der Waals surface area contributed by atoms with Gasteiger partial charge in [-0.3, -0.25) is 4.68 Å². The predicted molar refractivity (Wildman–Crippen MR) is 65.5 cm³/mol. The van der Waals surface area contributed by atoms with E-state index in [0.717, 1.165) is 23.7 Å². The van der Waals surface area contributed by atoms with Crippen LogP contribution in [0.4, 0.5) is 5.69 Å². The summed E-state index contributed by atoms with van der Waals surface area (Å²) >= 11 is 1.43. The number of hydrogen-bond donors (Lipinski definition) is 3. The summed E-state index contributed by atoms with van der Waals surface area (Å²) in [5, 5.41) is 23.3. The van der Waals surface area contributed by atoms with Gasteiger partial charge in [0.2, 0.25) is 0 Å². The Balaban J connectivity index is 2.76. The number of hydrogen-bond acceptors (Lipinski definition) is 5. The van der Waals surface area contributed by atoms with Crippen LogP contribution in [0.3, 0.4) is 0 Å². The van der Waals surface area contributed by atoms with Crippen LogP contribution in [0.15, 0.2) is 5.03 Å². The van der Waals surface area contributed by atoms with Crippen LogP contribution in [-0.2, 0) is 6.54 Å². The summed E-state index contributed by atoms with van der Waals surface area (Å²) in [4.78, 5) is 0. The Labute approximate surface area is 99.6 Å². The Morgan fingerprint density at radius 1 is 1.56 bits per heavy atom. The van der Waals surface area contributed by atoms with Gasteiger partial charge in [0.05, 0.1) is 24.1 Å². The lowest BCUT2D eigenvalue weighted by Crippen LogP contribution is -2.15. The van der Waals surface area contributed by atoms with E-state index in [1.54, 1.807) is 0 Å². The third-order valence-corrected chi connectivity index (χ3v) is 3.44. The Morgan fingerprint density at radius 3 is 2.81 bits per heavy atom. The van der Waals surface area contributed by atoms with Gasteiger partial charge in [-0.15, -0.1) is 11.8 Å². The zero-order chi connectivity index (χ0) is 12.1. The number of aliphatic hydroxyl groups is 2. The van der Waals surface area contributed by atoms with Crippen molar-refractivity contribution < 1.29 is 10.2 Å². The fraction of sp³-hybridized carbons (Fsp3) is 0.700. The average Bonchev–Trinajstić information content (AvgIpc) is 2.53. The number of anilines is 1. The van der Waals surface area contributed by atoms with E-state index in [1.807, 2.05) is 11.6 Å². The van der Waals surface area contributed by atoms with Crippen LogP contribution in [-0.4, -0.2) is 38.5 Å². The molecule has 1 aromatic heterocycles. The lowest BCUT2D eigenvalue weighted by molar-refractivity contribution is 0.113. The van der Waals surface area contributed by atoms with Gasteiger partial charge >= 0.3 is 0 Å². The summed E-state index contributed by atoms with van der Waals surface area (Å²) in [6, 6.07) is 0. The fourth-order valence-electron chi connectivity index (χ4n) is 1.32. The third-order valence-electron chi connectivity index (χ3n) is 2.18. The molecule has 0 aliphatic heterocycles. The molecule has 0 aliphatic carbocycles. The molecular weight excluding hydrogens is 226 g/mol. The molecule has 5 nitrogen and oxygen atoms in total. The number of nitrogens with two attached hydrogens (primary N) is 1. The minimum absolute atomic E-state index is 0.228. The Hall–Kier alpha value is -0.720. The van der Waals surface area contributed by atoms with Gasteiger partial charge in [0, 0.05) is 12.3 Å². The van der Waals surface area contributed by atoms with Crippen molar-refractivity contribution in [1.29, 1.82) is 0 Å². The van der Waals surface area contributed by atoms with Gasteiger partial charge in [0.15, 0.2) is 0 Å². The summed E-state index contributed by atoms with van der Waals surface area (Å²) in [6.07, 6.45) is 0.270. The first-order chi connectivity index (χ1) is 7.60. The van der Waals surface area contributed by atoms with Gasteiger partial charge in [0.1, 0.15) is 5.03 Å². The highest BCUT2D eigenvalue weighted by Crippen LogP contribution is 2.28. The molecule has 0 aromatic carbocycles. The molecule has 0 radical (unpaired) electrons. The minimum Gasteiger partial charge on any atom is -0.395 e. The number of aryl methyl sites for hydroxylation is 2. The second kappa shape index (κ2) is 6.12. The van der Waals surface area contributed by atoms with Crippen LogP contribution in [0, 0.1) is 6.92 Å². The summed E-state index contributed by atoms with van der Waals surface area (Å²) < 4.78 is 1.86. The standard InChI is InChI=1S/C10H19N3O2S/c1-3-4-13-10(9(11)7(2)12-13)16-6-8(15)5-14/h8,14-15H,3-6,11H2,1-2H3. The van der Waals surface area contributed by atoms with Gasteiger partial charge in [-0.05, 0) is 13.3 Å². The van der Waals surface area contributed by atoms with Gasteiger partial charge < -0.3 is 15.9 Å². The number of rotatable bonds is 6. The van der Waals surface area contributed by atoms with E-state index in [-0.39, 0.29) is 6.61 Å². The molecule has 0 saturated carbocycles. The molecule has 1 rings (SSSR count). The molecule has 4 N–H and O–H groups in total. The molecule has 6 heteroatoms.